The van der Waals surface area contributed by atoms with E-state index in [1.807, 2.05) is 0 Å². The van der Waals surface area contributed by atoms with E-state index in [0.717, 1.165) is 31.6 Å². The fourth-order valence-corrected chi connectivity index (χ4v) is 2.17. The summed E-state index contributed by atoms with van der Waals surface area (Å²) in [5, 5.41) is 0. The quantitative estimate of drug-likeness (QED) is 0.836. The Morgan fingerprint density at radius 1 is 1.25 bits per heavy atom. The predicted molar refractivity (Wildman–Crippen MR) is 69.4 cm³/mol. The molecule has 1 atom stereocenters. The Hall–Kier alpha value is -1.63. The lowest BCUT2D eigenvalue weighted by molar-refractivity contribution is -0.137. The Bertz CT molecular complexity index is 448. The molecule has 0 bridgehead atoms. The minimum atomic E-state index is -4.47. The van der Waals surface area contributed by atoms with Gasteiger partial charge in [-0.25, -0.2) is 0 Å². The third-order valence-corrected chi connectivity index (χ3v) is 3.18. The van der Waals surface area contributed by atoms with Gasteiger partial charge in [0, 0.05) is 13.0 Å². The molecule has 0 aromatic heterocycles. The maximum Gasteiger partial charge on any atom is 0.416 e. The maximum atomic E-state index is 12.6. The summed E-state index contributed by atoms with van der Waals surface area (Å²) in [4.78, 5) is 0. The van der Waals surface area contributed by atoms with E-state index in [1.165, 1.54) is 0 Å². The largest absolute Gasteiger partial charge is 0.489 e. The van der Waals surface area contributed by atoms with Gasteiger partial charge in [-0.15, -0.1) is 0 Å². The van der Waals surface area contributed by atoms with Gasteiger partial charge in [0.15, 0.2) is 5.75 Å². The fourth-order valence-electron chi connectivity index (χ4n) is 2.17. The van der Waals surface area contributed by atoms with Crippen LogP contribution in [-0.2, 0) is 10.9 Å². The molecule has 4 N–H and O–H groups in total. The van der Waals surface area contributed by atoms with Crippen LogP contribution in [0.15, 0.2) is 12.1 Å². The average molecular weight is 290 g/mol. The number of anilines is 2. The third kappa shape index (κ3) is 3.47. The summed E-state index contributed by atoms with van der Waals surface area (Å²) in [5.41, 5.74) is 10.1. The topological polar surface area (TPSA) is 70.5 Å². The maximum absolute atomic E-state index is 12.6. The van der Waals surface area contributed by atoms with Crippen molar-refractivity contribution >= 4 is 11.4 Å². The van der Waals surface area contributed by atoms with Gasteiger partial charge in [0.2, 0.25) is 0 Å². The number of halogens is 3. The molecule has 0 aliphatic carbocycles. The highest BCUT2D eigenvalue weighted by molar-refractivity contribution is 5.69. The summed E-state index contributed by atoms with van der Waals surface area (Å²) >= 11 is 0. The van der Waals surface area contributed by atoms with Crippen LogP contribution in [-0.4, -0.2) is 19.3 Å². The number of hydrogen-bond acceptors (Lipinski definition) is 4. The molecule has 1 unspecified atom stereocenters. The Kier molecular flexibility index (Phi) is 4.27. The lowest BCUT2D eigenvalue weighted by Crippen LogP contribution is -2.13. The highest BCUT2D eigenvalue weighted by atomic mass is 19.4. The lowest BCUT2D eigenvalue weighted by Gasteiger charge is -2.16. The van der Waals surface area contributed by atoms with Crippen molar-refractivity contribution in [1.82, 2.24) is 0 Å². The Balaban J connectivity index is 2.00. The molecule has 1 aromatic rings. The van der Waals surface area contributed by atoms with E-state index < -0.39 is 11.7 Å². The van der Waals surface area contributed by atoms with Crippen LogP contribution in [0.1, 0.15) is 24.8 Å². The van der Waals surface area contributed by atoms with Crippen molar-refractivity contribution in [2.75, 3.05) is 24.7 Å². The summed E-state index contributed by atoms with van der Waals surface area (Å²) in [5.74, 6) is 0.107. The van der Waals surface area contributed by atoms with E-state index >= 15 is 0 Å². The van der Waals surface area contributed by atoms with Crippen molar-refractivity contribution in [1.29, 1.82) is 0 Å². The van der Waals surface area contributed by atoms with E-state index in [-0.39, 0.29) is 23.2 Å². The van der Waals surface area contributed by atoms with Gasteiger partial charge >= 0.3 is 6.18 Å². The molecule has 0 spiro atoms. The molecular formula is C13H17F3N2O2. The number of hydrogen-bond donors (Lipinski definition) is 2. The van der Waals surface area contributed by atoms with E-state index in [2.05, 4.69) is 0 Å². The molecule has 0 amide bonds. The van der Waals surface area contributed by atoms with Crippen LogP contribution in [0.25, 0.3) is 0 Å². The Morgan fingerprint density at radius 2 is 1.90 bits per heavy atom. The van der Waals surface area contributed by atoms with Gasteiger partial charge in [-0.1, -0.05) is 0 Å². The van der Waals surface area contributed by atoms with Gasteiger partial charge in [0.05, 0.1) is 29.6 Å². The summed E-state index contributed by atoms with van der Waals surface area (Å²) in [6.45, 7) is 1.06. The van der Waals surface area contributed by atoms with Crippen molar-refractivity contribution in [3.8, 4) is 5.75 Å². The zero-order chi connectivity index (χ0) is 14.8. The molecule has 1 aliphatic rings. The molecule has 1 saturated heterocycles. The number of benzene rings is 1. The van der Waals surface area contributed by atoms with Crippen LogP contribution >= 0.6 is 0 Å². The highest BCUT2D eigenvalue weighted by Crippen LogP contribution is 2.38. The van der Waals surface area contributed by atoms with Crippen LogP contribution in [0.5, 0.6) is 5.75 Å². The second kappa shape index (κ2) is 5.78. The smallest absolute Gasteiger partial charge is 0.416 e. The van der Waals surface area contributed by atoms with E-state index in [4.69, 9.17) is 20.9 Å². The van der Waals surface area contributed by atoms with Crippen molar-refractivity contribution in [2.24, 2.45) is 0 Å². The first kappa shape index (κ1) is 14.8. The van der Waals surface area contributed by atoms with Crippen molar-refractivity contribution < 1.29 is 22.6 Å². The minimum Gasteiger partial charge on any atom is -0.489 e. The van der Waals surface area contributed by atoms with Crippen LogP contribution in [0.2, 0.25) is 0 Å². The number of nitrogens with two attached hydrogens (primary N) is 2. The monoisotopic (exact) mass is 290 g/mol. The Morgan fingerprint density at radius 3 is 2.40 bits per heavy atom. The van der Waals surface area contributed by atoms with Gasteiger partial charge in [-0.2, -0.15) is 13.2 Å². The average Bonchev–Trinajstić information content (AvgIpc) is 2.84. The van der Waals surface area contributed by atoms with E-state index in [1.54, 1.807) is 0 Å². The van der Waals surface area contributed by atoms with Crippen LogP contribution in [0.4, 0.5) is 24.5 Å². The molecule has 0 radical (unpaired) electrons. The molecule has 1 heterocycles. The second-order valence-corrected chi connectivity index (χ2v) is 4.75. The fraction of sp³-hybridized carbons (Fsp3) is 0.538. The second-order valence-electron chi connectivity index (χ2n) is 4.75. The van der Waals surface area contributed by atoms with Crippen LogP contribution < -0.4 is 16.2 Å². The molecule has 2 rings (SSSR count). The van der Waals surface area contributed by atoms with Gasteiger partial charge < -0.3 is 20.9 Å². The molecule has 0 saturated carbocycles. The zero-order valence-electron chi connectivity index (χ0n) is 10.9. The van der Waals surface area contributed by atoms with Gasteiger partial charge in [0.1, 0.15) is 0 Å². The summed E-state index contributed by atoms with van der Waals surface area (Å²) in [6.07, 6.45) is -1.67. The number of ether oxygens (including phenoxy) is 2. The zero-order valence-corrected chi connectivity index (χ0v) is 10.9. The van der Waals surface area contributed by atoms with E-state index in [9.17, 15) is 13.2 Å². The van der Waals surface area contributed by atoms with Crippen LogP contribution in [0, 0.1) is 0 Å². The molecule has 7 heteroatoms. The van der Waals surface area contributed by atoms with Gasteiger partial charge in [-0.05, 0) is 25.0 Å². The number of rotatable bonds is 4. The van der Waals surface area contributed by atoms with Gasteiger partial charge in [0.25, 0.3) is 0 Å². The molecule has 1 fully saturated rings. The SMILES string of the molecule is Nc1cc(C(F)(F)F)cc(N)c1OCCC1CCCO1. The normalized spacial score (nSPS) is 19.2. The standard InChI is InChI=1S/C13H17F3N2O2/c14-13(15,16)8-6-10(17)12(11(18)7-8)20-5-3-9-2-1-4-19-9/h6-7,9H,1-5,17-18H2. The predicted octanol–water partition coefficient (Wildman–Crippen LogP) is 2.82. The van der Waals surface area contributed by atoms with Crippen LogP contribution in [0.3, 0.4) is 0 Å². The summed E-state index contributed by atoms with van der Waals surface area (Å²) in [6, 6.07) is 1.66. The molecule has 1 aromatic carbocycles. The summed E-state index contributed by atoms with van der Waals surface area (Å²) in [7, 11) is 0. The first-order chi connectivity index (χ1) is 9.38. The van der Waals surface area contributed by atoms with Crippen molar-refractivity contribution in [3.63, 3.8) is 0 Å². The molecule has 4 nitrogen and oxygen atoms in total. The number of nitrogen functional groups attached to an aromatic ring is 2. The number of alkyl halides is 3. The molecule has 20 heavy (non-hydrogen) atoms. The Labute approximate surface area is 114 Å². The summed E-state index contributed by atoms with van der Waals surface area (Å²) < 4.78 is 48.5. The van der Waals surface area contributed by atoms with Crippen molar-refractivity contribution in [3.05, 3.63) is 17.7 Å². The first-order valence-corrected chi connectivity index (χ1v) is 6.38. The molecular weight excluding hydrogens is 273 g/mol. The van der Waals surface area contributed by atoms with E-state index in [0.29, 0.717) is 13.0 Å². The van der Waals surface area contributed by atoms with Gasteiger partial charge in [-0.3, -0.25) is 0 Å². The molecule has 112 valence electrons. The third-order valence-electron chi connectivity index (χ3n) is 3.18. The first-order valence-electron chi connectivity index (χ1n) is 6.38. The lowest BCUT2D eigenvalue weighted by atomic mass is 10.1. The molecule has 1 aliphatic heterocycles. The highest BCUT2D eigenvalue weighted by Gasteiger charge is 2.32. The van der Waals surface area contributed by atoms with Crippen molar-refractivity contribution in [2.45, 2.75) is 31.5 Å². The minimum absolute atomic E-state index is 0.107.